The van der Waals surface area contributed by atoms with Crippen molar-refractivity contribution in [3.05, 3.63) is 102 Å². The van der Waals surface area contributed by atoms with E-state index in [2.05, 4.69) is 16.9 Å². The lowest BCUT2D eigenvalue weighted by Gasteiger charge is -2.18. The van der Waals surface area contributed by atoms with Gasteiger partial charge in [-0.05, 0) is 35.3 Å². The van der Waals surface area contributed by atoms with Crippen molar-refractivity contribution in [2.45, 2.75) is 6.42 Å². The maximum Gasteiger partial charge on any atom is 0.122 e. The molecular weight excluding hydrogens is 374 g/mol. The molecule has 0 radical (unpaired) electrons. The monoisotopic (exact) mass is 399 g/mol. The second-order valence-corrected chi connectivity index (χ2v) is 6.96. The van der Waals surface area contributed by atoms with E-state index in [1.807, 2.05) is 42.5 Å². The van der Waals surface area contributed by atoms with E-state index in [-0.39, 0.29) is 11.6 Å². The minimum atomic E-state index is -0.448. The highest BCUT2D eigenvalue weighted by Crippen LogP contribution is 2.24. The Labute approximate surface area is 176 Å². The summed E-state index contributed by atoms with van der Waals surface area (Å²) in [6.45, 7) is 4.47. The third-order valence-corrected chi connectivity index (χ3v) is 4.77. The minimum absolute atomic E-state index is 0.0270. The van der Waals surface area contributed by atoms with Crippen molar-refractivity contribution in [2.75, 3.05) is 6.54 Å². The molecular formula is C24H25N5O. The zero-order chi connectivity index (χ0) is 21.5. The van der Waals surface area contributed by atoms with Gasteiger partial charge in [-0.25, -0.2) is 0 Å². The molecule has 0 amide bonds. The predicted molar refractivity (Wildman–Crippen MR) is 124 cm³/mol. The Morgan fingerprint density at radius 2 is 2.00 bits per heavy atom. The van der Waals surface area contributed by atoms with Crippen LogP contribution < -0.4 is 11.1 Å². The second kappa shape index (κ2) is 9.52. The number of nitrogen functional groups attached to an aromatic ring is 1. The number of hydrogen-bond donors (Lipinski definition) is 5. The van der Waals surface area contributed by atoms with E-state index in [1.54, 1.807) is 24.3 Å². The lowest BCUT2D eigenvalue weighted by molar-refractivity contribution is 0.382. The van der Waals surface area contributed by atoms with Gasteiger partial charge < -0.3 is 21.6 Å². The number of hydrogen-bond acceptors (Lipinski definition) is 5. The molecule has 6 N–H and O–H groups in total. The minimum Gasteiger partial charge on any atom is -0.511 e. The summed E-state index contributed by atoms with van der Waals surface area (Å²) in [7, 11) is 0. The van der Waals surface area contributed by atoms with Crippen molar-refractivity contribution in [1.82, 2.24) is 5.32 Å². The van der Waals surface area contributed by atoms with Gasteiger partial charge in [-0.3, -0.25) is 10.4 Å². The molecule has 152 valence electrons. The Morgan fingerprint density at radius 3 is 2.70 bits per heavy atom. The predicted octanol–water partition coefficient (Wildman–Crippen LogP) is 4.02. The van der Waals surface area contributed by atoms with Crippen LogP contribution in [0.25, 0.3) is 5.57 Å². The van der Waals surface area contributed by atoms with E-state index in [9.17, 15) is 5.11 Å². The number of aliphatic imine (C=N–C) groups is 1. The largest absolute Gasteiger partial charge is 0.511 e. The number of benzene rings is 1. The summed E-state index contributed by atoms with van der Waals surface area (Å²) < 4.78 is 0. The molecule has 0 fully saturated rings. The van der Waals surface area contributed by atoms with Gasteiger partial charge >= 0.3 is 0 Å². The Morgan fingerprint density at radius 1 is 1.23 bits per heavy atom. The molecule has 1 unspecified atom stereocenters. The normalized spacial score (nSPS) is 22.3. The van der Waals surface area contributed by atoms with Gasteiger partial charge in [0.05, 0.1) is 12.5 Å². The zero-order valence-electron chi connectivity index (χ0n) is 16.6. The van der Waals surface area contributed by atoms with Crippen LogP contribution in [0, 0.1) is 16.7 Å². The lowest BCUT2D eigenvalue weighted by atomic mass is 10.0. The highest BCUT2D eigenvalue weighted by molar-refractivity contribution is 5.95. The van der Waals surface area contributed by atoms with Crippen molar-refractivity contribution >= 4 is 23.5 Å². The van der Waals surface area contributed by atoms with Crippen molar-refractivity contribution in [1.29, 1.82) is 10.8 Å². The van der Waals surface area contributed by atoms with Crippen molar-refractivity contribution < 1.29 is 5.11 Å². The van der Waals surface area contributed by atoms with Crippen LogP contribution >= 0.6 is 0 Å². The average molecular weight is 399 g/mol. The molecule has 0 saturated heterocycles. The number of nitrogens with one attached hydrogen (secondary N) is 3. The standard InChI is InChI=1S/C24H25N5O/c1-16-14-17(15-25)4-2-3-13-28-24(29-16)21-11-9-19(10-12-22(21)30)18-5-7-20(8-6-18)23(26)27/h2-3,5-12,14-15,21,25,30H,1,4,13H2,(H3,26,27)(H,28,29)/b3-2-,17-14+,25-15?. The third-order valence-electron chi connectivity index (χ3n) is 4.77. The quantitative estimate of drug-likeness (QED) is 0.299. The number of nitrogens with zero attached hydrogens (tertiary/aromatic N) is 1. The van der Waals surface area contributed by atoms with Crippen LogP contribution in [0.2, 0.25) is 0 Å². The second-order valence-electron chi connectivity index (χ2n) is 6.96. The van der Waals surface area contributed by atoms with Gasteiger partial charge in [0.2, 0.25) is 0 Å². The zero-order valence-corrected chi connectivity index (χ0v) is 16.6. The molecule has 1 aromatic rings. The van der Waals surface area contributed by atoms with E-state index < -0.39 is 5.92 Å². The number of rotatable bonds is 4. The molecule has 0 spiro atoms. The summed E-state index contributed by atoms with van der Waals surface area (Å²) >= 11 is 0. The van der Waals surface area contributed by atoms with E-state index in [0.717, 1.165) is 16.7 Å². The molecule has 1 aromatic carbocycles. The molecule has 6 nitrogen and oxygen atoms in total. The molecule has 1 atom stereocenters. The molecule has 3 rings (SSSR count). The van der Waals surface area contributed by atoms with Gasteiger partial charge in [-0.2, -0.15) is 0 Å². The molecule has 2 aliphatic rings. The van der Waals surface area contributed by atoms with Crippen LogP contribution in [0.3, 0.4) is 0 Å². The highest BCUT2D eigenvalue weighted by Gasteiger charge is 2.20. The van der Waals surface area contributed by atoms with E-state index in [0.29, 0.717) is 30.1 Å². The first-order chi connectivity index (χ1) is 14.5. The third kappa shape index (κ3) is 5.11. The Kier molecular flexibility index (Phi) is 6.60. The van der Waals surface area contributed by atoms with Gasteiger partial charge in [0, 0.05) is 17.5 Å². The number of aliphatic hydroxyl groups is 1. The highest BCUT2D eigenvalue weighted by atomic mass is 16.3. The van der Waals surface area contributed by atoms with E-state index >= 15 is 0 Å². The molecule has 1 aliphatic heterocycles. The van der Waals surface area contributed by atoms with Crippen LogP contribution in [0.1, 0.15) is 17.5 Å². The summed E-state index contributed by atoms with van der Waals surface area (Å²) in [6.07, 6.45) is 15.0. The molecule has 6 heteroatoms. The van der Waals surface area contributed by atoms with Crippen LogP contribution in [0.15, 0.2) is 95.4 Å². The van der Waals surface area contributed by atoms with Crippen molar-refractivity contribution in [3.8, 4) is 0 Å². The van der Waals surface area contributed by atoms with Gasteiger partial charge in [0.15, 0.2) is 0 Å². The molecule has 1 heterocycles. The van der Waals surface area contributed by atoms with Crippen LogP contribution in [0.5, 0.6) is 0 Å². The van der Waals surface area contributed by atoms with Gasteiger partial charge in [-0.15, -0.1) is 0 Å². The molecule has 0 saturated carbocycles. The molecule has 1 aliphatic carbocycles. The first-order valence-electron chi connectivity index (χ1n) is 9.58. The molecule has 0 bridgehead atoms. The average Bonchev–Trinajstić information content (AvgIpc) is 2.93. The topological polar surface area (TPSA) is 118 Å². The Bertz CT molecular complexity index is 1040. The molecule has 30 heavy (non-hydrogen) atoms. The molecule has 0 aromatic heterocycles. The van der Waals surface area contributed by atoms with Crippen molar-refractivity contribution in [3.63, 3.8) is 0 Å². The number of amidine groups is 2. The summed E-state index contributed by atoms with van der Waals surface area (Å²) in [5.74, 6) is 0.326. The van der Waals surface area contributed by atoms with E-state index in [1.165, 1.54) is 6.21 Å². The van der Waals surface area contributed by atoms with Crippen molar-refractivity contribution in [2.24, 2.45) is 16.6 Å². The number of aliphatic hydroxyl groups excluding tert-OH is 1. The maximum atomic E-state index is 10.7. The smallest absolute Gasteiger partial charge is 0.122 e. The first kappa shape index (κ1) is 20.8. The number of nitrogens with two attached hydrogens (primary N) is 1. The lowest BCUT2D eigenvalue weighted by Crippen LogP contribution is -2.30. The summed E-state index contributed by atoms with van der Waals surface area (Å²) in [6, 6.07) is 7.39. The fourth-order valence-electron chi connectivity index (χ4n) is 3.14. The number of allylic oxidation sites excluding steroid dienone is 7. The van der Waals surface area contributed by atoms with Gasteiger partial charge in [0.1, 0.15) is 17.4 Å². The summed E-state index contributed by atoms with van der Waals surface area (Å²) in [4.78, 5) is 4.59. The Balaban J connectivity index is 1.87. The fraction of sp³-hybridized carbons (Fsp3) is 0.125. The Hall–Kier alpha value is -3.93. The SMILES string of the molecule is C=C1/C=C(/C=N)C/C=C\CN=C(C2C=CC(c3ccc(C(=N)N)cc3)=CC=C2O)N1. The van der Waals surface area contributed by atoms with E-state index in [4.69, 9.17) is 16.6 Å². The van der Waals surface area contributed by atoms with Crippen LogP contribution in [-0.2, 0) is 0 Å². The maximum absolute atomic E-state index is 10.7. The van der Waals surface area contributed by atoms with Crippen LogP contribution in [0.4, 0.5) is 0 Å². The fourth-order valence-corrected chi connectivity index (χ4v) is 3.14. The van der Waals surface area contributed by atoms with Crippen LogP contribution in [-0.4, -0.2) is 29.5 Å². The van der Waals surface area contributed by atoms with Gasteiger partial charge in [-0.1, -0.05) is 61.2 Å². The van der Waals surface area contributed by atoms with Gasteiger partial charge in [0.25, 0.3) is 0 Å². The first-order valence-corrected chi connectivity index (χ1v) is 9.58. The summed E-state index contributed by atoms with van der Waals surface area (Å²) in [5.41, 5.74) is 9.50. The summed E-state index contributed by atoms with van der Waals surface area (Å²) in [5, 5.41) is 28.9.